The third kappa shape index (κ3) is 4.85. The zero-order valence-electron chi connectivity index (χ0n) is 15.7. The van der Waals surface area contributed by atoms with Crippen LogP contribution in [0.1, 0.15) is 34.3 Å². The Hall–Kier alpha value is -3.41. The molecule has 6 nitrogen and oxygen atoms in total. The number of ether oxygens (including phenoxy) is 1. The first-order valence-electron chi connectivity index (χ1n) is 9.10. The van der Waals surface area contributed by atoms with Gasteiger partial charge in [-0.25, -0.2) is 4.79 Å². The molecule has 2 aromatic rings. The molecule has 1 aliphatic rings. The predicted molar refractivity (Wildman–Crippen MR) is 107 cm³/mol. The Morgan fingerprint density at radius 2 is 1.82 bits per heavy atom. The summed E-state index contributed by atoms with van der Waals surface area (Å²) in [5, 5.41) is 2.80. The minimum atomic E-state index is -0.390. The lowest BCUT2D eigenvalue weighted by molar-refractivity contribution is -0.117. The lowest BCUT2D eigenvalue weighted by atomic mass is 10.1. The number of esters is 1. The molecule has 0 spiro atoms. The van der Waals surface area contributed by atoms with Gasteiger partial charge in [-0.2, -0.15) is 0 Å². The van der Waals surface area contributed by atoms with Crippen LogP contribution in [0.2, 0.25) is 0 Å². The normalized spacial score (nSPS) is 13.8. The Bertz CT molecular complexity index is 886. The topological polar surface area (TPSA) is 75.7 Å². The number of carbonyl (C=O) groups excluding carboxylic acids is 3. The largest absolute Gasteiger partial charge is 0.465 e. The van der Waals surface area contributed by atoms with E-state index in [-0.39, 0.29) is 11.8 Å². The molecule has 1 saturated heterocycles. The van der Waals surface area contributed by atoms with Crippen molar-refractivity contribution in [3.05, 3.63) is 71.3 Å². The van der Waals surface area contributed by atoms with Gasteiger partial charge in [-0.1, -0.05) is 24.3 Å². The van der Waals surface area contributed by atoms with E-state index in [0.717, 1.165) is 29.8 Å². The van der Waals surface area contributed by atoms with E-state index >= 15 is 0 Å². The van der Waals surface area contributed by atoms with Crippen LogP contribution in [0.25, 0.3) is 6.08 Å². The lowest BCUT2D eigenvalue weighted by Gasteiger charge is -2.15. The summed E-state index contributed by atoms with van der Waals surface area (Å²) in [6.07, 6.45) is 4.70. The highest BCUT2D eigenvalue weighted by Crippen LogP contribution is 2.21. The molecule has 6 heteroatoms. The third-order valence-electron chi connectivity index (χ3n) is 4.55. The number of carbonyl (C=O) groups is 3. The molecule has 0 saturated carbocycles. The SMILES string of the molecule is COC(=O)c1ccc(CNC(=O)C=Cc2ccc(N3CCCC3=O)cc2)cc1. The van der Waals surface area contributed by atoms with E-state index in [0.29, 0.717) is 18.5 Å². The van der Waals surface area contributed by atoms with E-state index in [1.807, 2.05) is 24.3 Å². The standard InChI is InChI=1S/C22H22N2O4/c1-28-22(27)18-9-4-17(5-10-18)15-23-20(25)13-8-16-6-11-19(12-7-16)24-14-2-3-21(24)26/h4-13H,2-3,14-15H2,1H3,(H,23,25). The number of rotatable bonds is 6. The third-order valence-corrected chi connectivity index (χ3v) is 4.55. The van der Waals surface area contributed by atoms with Crippen molar-refractivity contribution in [3.63, 3.8) is 0 Å². The van der Waals surface area contributed by atoms with Crippen LogP contribution >= 0.6 is 0 Å². The number of nitrogens with one attached hydrogen (secondary N) is 1. The maximum absolute atomic E-state index is 12.0. The van der Waals surface area contributed by atoms with E-state index in [1.165, 1.54) is 13.2 Å². The van der Waals surface area contributed by atoms with Crippen molar-refractivity contribution in [1.29, 1.82) is 0 Å². The van der Waals surface area contributed by atoms with E-state index in [4.69, 9.17) is 0 Å². The van der Waals surface area contributed by atoms with Crippen LogP contribution in [0.5, 0.6) is 0 Å². The van der Waals surface area contributed by atoms with Crippen molar-refractivity contribution in [2.24, 2.45) is 0 Å². The smallest absolute Gasteiger partial charge is 0.337 e. The molecule has 3 rings (SSSR count). The van der Waals surface area contributed by atoms with Gasteiger partial charge in [0.1, 0.15) is 0 Å². The second-order valence-corrected chi connectivity index (χ2v) is 6.48. The zero-order chi connectivity index (χ0) is 19.9. The van der Waals surface area contributed by atoms with Gasteiger partial charge in [0.05, 0.1) is 12.7 Å². The number of hydrogen-bond acceptors (Lipinski definition) is 4. The maximum Gasteiger partial charge on any atom is 0.337 e. The first-order chi connectivity index (χ1) is 13.6. The quantitative estimate of drug-likeness (QED) is 0.619. The summed E-state index contributed by atoms with van der Waals surface area (Å²) in [6.45, 7) is 1.12. The molecule has 1 aliphatic heterocycles. The van der Waals surface area contributed by atoms with Crippen LogP contribution < -0.4 is 10.2 Å². The highest BCUT2D eigenvalue weighted by atomic mass is 16.5. The molecule has 0 radical (unpaired) electrons. The van der Waals surface area contributed by atoms with Gasteiger partial charge in [0.2, 0.25) is 11.8 Å². The second-order valence-electron chi connectivity index (χ2n) is 6.48. The molecule has 2 aromatic carbocycles. The van der Waals surface area contributed by atoms with Gasteiger partial charge < -0.3 is 15.0 Å². The molecule has 0 aromatic heterocycles. The molecule has 28 heavy (non-hydrogen) atoms. The molecule has 144 valence electrons. The second kappa shape index (κ2) is 8.99. The zero-order valence-corrected chi connectivity index (χ0v) is 15.7. The fourth-order valence-electron chi connectivity index (χ4n) is 2.98. The summed E-state index contributed by atoms with van der Waals surface area (Å²) in [7, 11) is 1.34. The van der Waals surface area contributed by atoms with Gasteiger partial charge in [-0.15, -0.1) is 0 Å². The maximum atomic E-state index is 12.0. The van der Waals surface area contributed by atoms with E-state index in [1.54, 1.807) is 35.2 Å². The Morgan fingerprint density at radius 3 is 2.43 bits per heavy atom. The Kier molecular flexibility index (Phi) is 6.22. The van der Waals surface area contributed by atoms with Crippen LogP contribution in [0.3, 0.4) is 0 Å². The van der Waals surface area contributed by atoms with E-state index < -0.39 is 5.97 Å². The lowest BCUT2D eigenvalue weighted by Crippen LogP contribution is -2.23. The van der Waals surface area contributed by atoms with Gasteiger partial charge in [0.25, 0.3) is 0 Å². The monoisotopic (exact) mass is 378 g/mol. The summed E-state index contributed by atoms with van der Waals surface area (Å²) in [4.78, 5) is 37.0. The van der Waals surface area contributed by atoms with Gasteiger partial charge in [0, 0.05) is 31.3 Å². The highest BCUT2D eigenvalue weighted by Gasteiger charge is 2.21. The molecule has 0 aliphatic carbocycles. The van der Waals surface area contributed by atoms with Crippen molar-refractivity contribution in [3.8, 4) is 0 Å². The summed E-state index contributed by atoms with van der Waals surface area (Å²) < 4.78 is 4.65. The minimum Gasteiger partial charge on any atom is -0.465 e. The molecule has 1 fully saturated rings. The van der Waals surface area contributed by atoms with E-state index in [2.05, 4.69) is 10.1 Å². The Balaban J connectivity index is 1.51. The Labute approximate surface area is 163 Å². The van der Waals surface area contributed by atoms with Crippen molar-refractivity contribution in [2.75, 3.05) is 18.6 Å². The van der Waals surface area contributed by atoms with E-state index in [9.17, 15) is 14.4 Å². The summed E-state index contributed by atoms with van der Waals surface area (Å²) in [5.74, 6) is -0.447. The average molecular weight is 378 g/mol. The number of nitrogens with zero attached hydrogens (tertiary/aromatic N) is 1. The number of amides is 2. The first kappa shape index (κ1) is 19.4. The molecule has 1 N–H and O–H groups in total. The highest BCUT2D eigenvalue weighted by molar-refractivity contribution is 5.95. The fraction of sp³-hybridized carbons (Fsp3) is 0.227. The van der Waals surface area contributed by atoms with Crippen molar-refractivity contribution >= 4 is 29.5 Å². The number of anilines is 1. The molecule has 0 unspecified atom stereocenters. The average Bonchev–Trinajstić information content (AvgIpc) is 3.16. The first-order valence-corrected chi connectivity index (χ1v) is 9.10. The van der Waals surface area contributed by atoms with Gasteiger partial charge >= 0.3 is 5.97 Å². The van der Waals surface area contributed by atoms with Crippen LogP contribution in [0, 0.1) is 0 Å². The van der Waals surface area contributed by atoms with Gasteiger partial charge in [0.15, 0.2) is 0 Å². The van der Waals surface area contributed by atoms with Crippen molar-refractivity contribution in [1.82, 2.24) is 5.32 Å². The predicted octanol–water partition coefficient (Wildman–Crippen LogP) is 2.93. The molecule has 0 atom stereocenters. The summed E-state index contributed by atoms with van der Waals surface area (Å²) in [6, 6.07) is 14.4. The summed E-state index contributed by atoms with van der Waals surface area (Å²) in [5.41, 5.74) is 3.12. The Morgan fingerprint density at radius 1 is 1.11 bits per heavy atom. The number of benzene rings is 2. The molecule has 2 amide bonds. The van der Waals surface area contributed by atoms with Crippen LogP contribution in [0.15, 0.2) is 54.6 Å². The van der Waals surface area contributed by atoms with Crippen molar-refractivity contribution in [2.45, 2.75) is 19.4 Å². The molecule has 1 heterocycles. The van der Waals surface area contributed by atoms with Gasteiger partial charge in [-0.3, -0.25) is 9.59 Å². The summed E-state index contributed by atoms with van der Waals surface area (Å²) >= 11 is 0. The van der Waals surface area contributed by atoms with Gasteiger partial charge in [-0.05, 0) is 47.9 Å². The van der Waals surface area contributed by atoms with Crippen LogP contribution in [-0.4, -0.2) is 31.4 Å². The number of hydrogen-bond donors (Lipinski definition) is 1. The minimum absolute atomic E-state index is 0.155. The molecular weight excluding hydrogens is 356 g/mol. The molecule has 0 bridgehead atoms. The fourth-order valence-corrected chi connectivity index (χ4v) is 2.98. The van der Waals surface area contributed by atoms with Crippen LogP contribution in [0.4, 0.5) is 5.69 Å². The van der Waals surface area contributed by atoms with Crippen LogP contribution in [-0.2, 0) is 20.9 Å². The number of methoxy groups -OCH3 is 1. The van der Waals surface area contributed by atoms with Crippen molar-refractivity contribution < 1.29 is 19.1 Å². The molecular formula is C22H22N2O4.